The van der Waals surface area contributed by atoms with Crippen molar-refractivity contribution in [2.24, 2.45) is 0 Å². The van der Waals surface area contributed by atoms with Gasteiger partial charge in [0.05, 0.1) is 17.4 Å². The zero-order chi connectivity index (χ0) is 13.3. The molecule has 1 heterocycles. The summed E-state index contributed by atoms with van der Waals surface area (Å²) in [5, 5.41) is 0. The van der Waals surface area contributed by atoms with E-state index >= 15 is 0 Å². The molecule has 1 aromatic carbocycles. The van der Waals surface area contributed by atoms with Crippen LogP contribution in [0.25, 0.3) is 0 Å². The van der Waals surface area contributed by atoms with Gasteiger partial charge in [-0.05, 0) is 40.9 Å². The normalized spacial score (nSPS) is 10.6. The van der Waals surface area contributed by atoms with E-state index in [4.69, 9.17) is 4.74 Å². The first-order chi connectivity index (χ1) is 9.36. The lowest BCUT2D eigenvalue weighted by atomic mass is 10.2. The fourth-order valence-corrected chi connectivity index (χ4v) is 2.31. The Labute approximate surface area is 122 Å². The van der Waals surface area contributed by atoms with Crippen LogP contribution < -0.4 is 4.74 Å². The van der Waals surface area contributed by atoms with Crippen LogP contribution in [0.2, 0.25) is 0 Å². The van der Waals surface area contributed by atoms with Gasteiger partial charge >= 0.3 is 0 Å². The van der Waals surface area contributed by atoms with E-state index in [1.807, 2.05) is 43.0 Å². The molecule has 2 aromatic rings. The minimum absolute atomic E-state index is 0.785. The monoisotopic (exact) mass is 322 g/mol. The molecule has 4 heteroatoms. The largest absolute Gasteiger partial charge is 0.492 e. The van der Waals surface area contributed by atoms with E-state index in [0.29, 0.717) is 0 Å². The summed E-state index contributed by atoms with van der Waals surface area (Å²) in [7, 11) is 0. The van der Waals surface area contributed by atoms with Crippen molar-refractivity contribution in [2.75, 3.05) is 6.61 Å². The van der Waals surface area contributed by atoms with E-state index in [1.165, 1.54) is 19.3 Å². The van der Waals surface area contributed by atoms with Crippen molar-refractivity contribution in [3.05, 3.63) is 47.5 Å². The summed E-state index contributed by atoms with van der Waals surface area (Å²) in [4.78, 5) is 4.03. The highest BCUT2D eigenvalue weighted by Gasteiger charge is 1.98. The number of aromatic nitrogens is 2. The Hall–Kier alpha value is -1.29. The standard InChI is InChI=1S/C15H19BrN2O/c16-14-7-3-4-8-15(14)19-12-6-2-1-5-10-18-11-9-17-13-18/h3-4,7-9,11,13H,1-2,5-6,10,12H2. The number of ether oxygens (including phenoxy) is 1. The molecule has 0 saturated heterocycles. The molecule has 0 fully saturated rings. The van der Waals surface area contributed by atoms with Crippen molar-refractivity contribution >= 4 is 15.9 Å². The summed E-state index contributed by atoms with van der Waals surface area (Å²) in [5.41, 5.74) is 0. The summed E-state index contributed by atoms with van der Waals surface area (Å²) in [6.07, 6.45) is 10.4. The number of nitrogens with zero attached hydrogens (tertiary/aromatic N) is 2. The Morgan fingerprint density at radius 1 is 1.11 bits per heavy atom. The van der Waals surface area contributed by atoms with Crippen LogP contribution in [0.1, 0.15) is 25.7 Å². The van der Waals surface area contributed by atoms with Gasteiger partial charge in [0.15, 0.2) is 0 Å². The molecule has 1 aromatic heterocycles. The van der Waals surface area contributed by atoms with Gasteiger partial charge < -0.3 is 9.30 Å². The number of halogens is 1. The number of aryl methyl sites for hydroxylation is 1. The number of hydrogen-bond donors (Lipinski definition) is 0. The highest BCUT2D eigenvalue weighted by Crippen LogP contribution is 2.23. The topological polar surface area (TPSA) is 27.1 Å². The lowest BCUT2D eigenvalue weighted by Crippen LogP contribution is -1.99. The average Bonchev–Trinajstić information content (AvgIpc) is 2.93. The molecule has 2 rings (SSSR count). The molecular formula is C15H19BrN2O. The maximum atomic E-state index is 5.73. The average molecular weight is 323 g/mol. The molecule has 0 aliphatic carbocycles. The van der Waals surface area contributed by atoms with Gasteiger partial charge in [-0.25, -0.2) is 4.98 Å². The van der Waals surface area contributed by atoms with Gasteiger partial charge in [0.1, 0.15) is 5.75 Å². The van der Waals surface area contributed by atoms with E-state index in [2.05, 4.69) is 25.5 Å². The third kappa shape index (κ3) is 5.07. The number of unbranched alkanes of at least 4 members (excludes halogenated alkanes) is 3. The van der Waals surface area contributed by atoms with E-state index in [9.17, 15) is 0 Å². The summed E-state index contributed by atoms with van der Waals surface area (Å²) < 4.78 is 8.87. The third-order valence-corrected chi connectivity index (χ3v) is 3.62. The Balaban J connectivity index is 1.52. The lowest BCUT2D eigenvalue weighted by molar-refractivity contribution is 0.302. The minimum Gasteiger partial charge on any atom is -0.492 e. The van der Waals surface area contributed by atoms with Crippen molar-refractivity contribution in [2.45, 2.75) is 32.2 Å². The second kappa shape index (κ2) is 8.00. The van der Waals surface area contributed by atoms with Crippen LogP contribution in [0, 0.1) is 0 Å². The Bertz CT molecular complexity index is 471. The molecule has 0 N–H and O–H groups in total. The molecule has 0 saturated carbocycles. The Kier molecular flexibility index (Phi) is 5.95. The predicted molar refractivity (Wildman–Crippen MR) is 80.3 cm³/mol. The van der Waals surface area contributed by atoms with Crippen molar-refractivity contribution in [3.63, 3.8) is 0 Å². The summed E-state index contributed by atoms with van der Waals surface area (Å²) in [6.45, 7) is 1.85. The third-order valence-electron chi connectivity index (χ3n) is 2.96. The SMILES string of the molecule is Brc1ccccc1OCCCCCCn1ccnc1. The summed E-state index contributed by atoms with van der Waals surface area (Å²) >= 11 is 3.48. The fourth-order valence-electron chi connectivity index (χ4n) is 1.91. The van der Waals surface area contributed by atoms with Crippen LogP contribution in [0.15, 0.2) is 47.5 Å². The zero-order valence-corrected chi connectivity index (χ0v) is 12.6. The van der Waals surface area contributed by atoms with E-state index < -0.39 is 0 Å². The maximum absolute atomic E-state index is 5.73. The number of rotatable bonds is 8. The minimum atomic E-state index is 0.785. The van der Waals surface area contributed by atoms with Crippen LogP contribution in [0.5, 0.6) is 5.75 Å². The van der Waals surface area contributed by atoms with Gasteiger partial charge in [-0.1, -0.05) is 25.0 Å². The quantitative estimate of drug-likeness (QED) is 0.678. The molecule has 3 nitrogen and oxygen atoms in total. The Morgan fingerprint density at radius 2 is 1.95 bits per heavy atom. The van der Waals surface area contributed by atoms with Crippen LogP contribution in [-0.4, -0.2) is 16.2 Å². The van der Waals surface area contributed by atoms with E-state index in [-0.39, 0.29) is 0 Å². The summed E-state index contributed by atoms with van der Waals surface area (Å²) in [5.74, 6) is 0.931. The highest BCUT2D eigenvalue weighted by molar-refractivity contribution is 9.10. The summed E-state index contributed by atoms with van der Waals surface area (Å²) in [6, 6.07) is 7.97. The zero-order valence-electron chi connectivity index (χ0n) is 11.0. The van der Waals surface area contributed by atoms with Crippen molar-refractivity contribution in [3.8, 4) is 5.75 Å². The molecule has 102 valence electrons. The first-order valence-electron chi connectivity index (χ1n) is 6.69. The molecule has 0 amide bonds. The molecule has 0 bridgehead atoms. The first kappa shape index (κ1) is 14.1. The Morgan fingerprint density at radius 3 is 2.74 bits per heavy atom. The molecule has 0 unspecified atom stereocenters. The molecule has 0 radical (unpaired) electrons. The van der Waals surface area contributed by atoms with Gasteiger partial charge in [-0.2, -0.15) is 0 Å². The fraction of sp³-hybridized carbons (Fsp3) is 0.400. The smallest absolute Gasteiger partial charge is 0.133 e. The van der Waals surface area contributed by atoms with Crippen molar-refractivity contribution < 1.29 is 4.74 Å². The number of para-hydroxylation sites is 1. The van der Waals surface area contributed by atoms with E-state index in [1.54, 1.807) is 0 Å². The van der Waals surface area contributed by atoms with Gasteiger partial charge in [0.25, 0.3) is 0 Å². The molecule has 19 heavy (non-hydrogen) atoms. The van der Waals surface area contributed by atoms with Crippen LogP contribution in [0.3, 0.4) is 0 Å². The molecule has 0 atom stereocenters. The van der Waals surface area contributed by atoms with Crippen LogP contribution in [-0.2, 0) is 6.54 Å². The van der Waals surface area contributed by atoms with Gasteiger partial charge in [0.2, 0.25) is 0 Å². The van der Waals surface area contributed by atoms with Gasteiger partial charge in [-0.15, -0.1) is 0 Å². The van der Waals surface area contributed by atoms with Crippen LogP contribution >= 0.6 is 15.9 Å². The van der Waals surface area contributed by atoms with Crippen molar-refractivity contribution in [1.29, 1.82) is 0 Å². The predicted octanol–water partition coefficient (Wildman–Crippen LogP) is 4.29. The first-order valence-corrected chi connectivity index (χ1v) is 7.48. The molecule has 0 aliphatic heterocycles. The van der Waals surface area contributed by atoms with Crippen LogP contribution in [0.4, 0.5) is 0 Å². The highest BCUT2D eigenvalue weighted by atomic mass is 79.9. The lowest BCUT2D eigenvalue weighted by Gasteiger charge is -2.07. The molecule has 0 spiro atoms. The number of imidazole rings is 1. The molecule has 0 aliphatic rings. The molecular weight excluding hydrogens is 304 g/mol. The number of benzene rings is 1. The second-order valence-corrected chi connectivity index (χ2v) is 5.35. The van der Waals surface area contributed by atoms with Gasteiger partial charge in [0, 0.05) is 18.9 Å². The van der Waals surface area contributed by atoms with Gasteiger partial charge in [-0.3, -0.25) is 0 Å². The number of hydrogen-bond acceptors (Lipinski definition) is 2. The maximum Gasteiger partial charge on any atom is 0.133 e. The van der Waals surface area contributed by atoms with Crippen molar-refractivity contribution in [1.82, 2.24) is 9.55 Å². The van der Waals surface area contributed by atoms with E-state index in [0.717, 1.165) is 29.8 Å². The second-order valence-electron chi connectivity index (χ2n) is 4.49.